The van der Waals surface area contributed by atoms with Crippen LogP contribution in [0.4, 0.5) is 4.79 Å². The van der Waals surface area contributed by atoms with E-state index in [1.165, 1.54) is 19.3 Å². The number of benzene rings is 3. The number of hydroxylamine groups is 1. The lowest BCUT2D eigenvalue weighted by Gasteiger charge is -2.44. The van der Waals surface area contributed by atoms with Gasteiger partial charge in [-0.1, -0.05) is 25.0 Å². The molecule has 238 valence electrons. The Morgan fingerprint density at radius 2 is 1.44 bits per heavy atom. The Morgan fingerprint density at radius 1 is 0.844 bits per heavy atom. The summed E-state index contributed by atoms with van der Waals surface area (Å²) in [6.07, 6.45) is 6.28. The molecule has 1 saturated heterocycles. The summed E-state index contributed by atoms with van der Waals surface area (Å²) in [5.41, 5.74) is 3.13. The van der Waals surface area contributed by atoms with Crippen LogP contribution in [-0.4, -0.2) is 46.1 Å². The van der Waals surface area contributed by atoms with E-state index < -0.39 is 11.7 Å². The Hall–Kier alpha value is -4.57. The van der Waals surface area contributed by atoms with Crippen molar-refractivity contribution in [1.82, 2.24) is 15.7 Å². The number of hydrogen-bond donors (Lipinski definition) is 4. The van der Waals surface area contributed by atoms with E-state index in [0.29, 0.717) is 46.6 Å². The standard InChI is InChI=1S/C35H42N4O6/c1-35(2,3)45-34(41)37-22-23-10-14-27(15-11-23)43-29-19-26(33(40)39-18-6-8-24-7-4-5-9-31(24)39)20-30(21-29)44-28-16-12-25(13-17-28)32(36)38-42/h10-17,19-21,24,31,42H,4-9,18,22H2,1-3H3,(H2,36,38)(H,37,41). The van der Waals surface area contributed by atoms with Gasteiger partial charge in [0.1, 0.15) is 34.4 Å². The minimum absolute atomic E-state index is 0.0247. The molecule has 10 nitrogen and oxygen atoms in total. The number of rotatable bonds is 8. The van der Waals surface area contributed by atoms with E-state index in [-0.39, 0.29) is 17.8 Å². The number of amidine groups is 1. The minimum Gasteiger partial charge on any atom is -0.457 e. The van der Waals surface area contributed by atoms with Crippen molar-refractivity contribution < 1.29 is 29.0 Å². The molecule has 1 heterocycles. The summed E-state index contributed by atoms with van der Waals surface area (Å²) in [7, 11) is 0. The van der Waals surface area contributed by atoms with Gasteiger partial charge in [-0.05, 0) is 106 Å². The zero-order valence-corrected chi connectivity index (χ0v) is 26.1. The molecule has 2 aliphatic rings. The van der Waals surface area contributed by atoms with E-state index in [4.69, 9.17) is 24.8 Å². The quantitative estimate of drug-likeness (QED) is 0.118. The molecule has 2 fully saturated rings. The molecule has 1 saturated carbocycles. The maximum Gasteiger partial charge on any atom is 0.407 e. The number of nitrogens with one attached hydrogen (secondary N) is 3. The van der Waals surface area contributed by atoms with Crippen LogP contribution in [0.5, 0.6) is 23.0 Å². The SMILES string of the molecule is CC(C)(C)OC(=O)NCc1ccc(Oc2cc(Oc3ccc(C(=N)NO)cc3)cc(C(=O)N3CCCC4CCCCC43)c2)cc1. The van der Waals surface area contributed by atoms with E-state index in [9.17, 15) is 9.59 Å². The number of fused-ring (bicyclic) bond motifs is 1. The topological polar surface area (TPSA) is 133 Å². The van der Waals surface area contributed by atoms with Crippen LogP contribution in [-0.2, 0) is 11.3 Å². The van der Waals surface area contributed by atoms with Crippen LogP contribution >= 0.6 is 0 Å². The zero-order chi connectivity index (χ0) is 32.0. The molecule has 1 aliphatic carbocycles. The van der Waals surface area contributed by atoms with Gasteiger partial charge in [-0.3, -0.25) is 20.9 Å². The first-order valence-electron chi connectivity index (χ1n) is 15.5. The molecule has 0 spiro atoms. The number of likely N-dealkylation sites (tertiary alicyclic amines) is 1. The highest BCUT2D eigenvalue weighted by molar-refractivity contribution is 5.96. The summed E-state index contributed by atoms with van der Waals surface area (Å²) in [6.45, 7) is 6.50. The minimum atomic E-state index is -0.572. The van der Waals surface area contributed by atoms with Crippen LogP contribution in [0.15, 0.2) is 66.7 Å². The molecule has 2 amide bonds. The number of piperidine rings is 1. The van der Waals surface area contributed by atoms with Gasteiger partial charge >= 0.3 is 6.09 Å². The fourth-order valence-electron chi connectivity index (χ4n) is 6.05. The second-order valence-electron chi connectivity index (χ2n) is 12.7. The van der Waals surface area contributed by atoms with Crippen molar-refractivity contribution in [3.05, 3.63) is 83.4 Å². The van der Waals surface area contributed by atoms with Crippen molar-refractivity contribution in [3.63, 3.8) is 0 Å². The van der Waals surface area contributed by atoms with E-state index in [2.05, 4.69) is 5.32 Å². The van der Waals surface area contributed by atoms with Gasteiger partial charge in [-0.2, -0.15) is 0 Å². The predicted octanol–water partition coefficient (Wildman–Crippen LogP) is 7.39. The van der Waals surface area contributed by atoms with Crippen LogP contribution < -0.4 is 20.3 Å². The number of alkyl carbamates (subject to hydrolysis) is 1. The van der Waals surface area contributed by atoms with Gasteiger partial charge in [-0.15, -0.1) is 0 Å². The summed E-state index contributed by atoms with van der Waals surface area (Å²) < 4.78 is 17.7. The van der Waals surface area contributed by atoms with E-state index >= 15 is 0 Å². The first-order chi connectivity index (χ1) is 21.6. The third-order valence-electron chi connectivity index (χ3n) is 8.12. The molecule has 1 aliphatic heterocycles. The zero-order valence-electron chi connectivity index (χ0n) is 26.1. The van der Waals surface area contributed by atoms with Crippen molar-refractivity contribution in [3.8, 4) is 23.0 Å². The molecule has 0 radical (unpaired) electrons. The van der Waals surface area contributed by atoms with E-state index in [1.54, 1.807) is 54.6 Å². The second-order valence-corrected chi connectivity index (χ2v) is 12.7. The number of amides is 2. The molecule has 5 rings (SSSR count). The molecular formula is C35H42N4O6. The van der Waals surface area contributed by atoms with Gasteiger partial charge < -0.3 is 24.4 Å². The van der Waals surface area contributed by atoms with Gasteiger partial charge in [0.15, 0.2) is 0 Å². The first kappa shape index (κ1) is 31.8. The molecule has 3 aromatic carbocycles. The summed E-state index contributed by atoms with van der Waals surface area (Å²) in [6, 6.07) is 19.5. The van der Waals surface area contributed by atoms with Crippen molar-refractivity contribution in [2.45, 2.75) is 77.5 Å². The van der Waals surface area contributed by atoms with Crippen molar-refractivity contribution in [2.24, 2.45) is 5.92 Å². The molecule has 4 N–H and O–H groups in total. The van der Waals surface area contributed by atoms with Crippen LogP contribution in [0.25, 0.3) is 0 Å². The number of nitrogens with zero attached hydrogens (tertiary/aromatic N) is 1. The number of hydrogen-bond acceptors (Lipinski definition) is 7. The van der Waals surface area contributed by atoms with Gasteiger partial charge in [-0.25, -0.2) is 4.79 Å². The van der Waals surface area contributed by atoms with Crippen molar-refractivity contribution in [1.29, 1.82) is 5.41 Å². The molecule has 2 atom stereocenters. The lowest BCUT2D eigenvalue weighted by atomic mass is 9.78. The third-order valence-corrected chi connectivity index (χ3v) is 8.12. The predicted molar refractivity (Wildman–Crippen MR) is 170 cm³/mol. The lowest BCUT2D eigenvalue weighted by Crippen LogP contribution is -2.49. The number of carbonyl (C=O) groups is 2. The number of ether oxygens (including phenoxy) is 3. The molecule has 0 aromatic heterocycles. The molecule has 0 bridgehead atoms. The van der Waals surface area contributed by atoms with Crippen molar-refractivity contribution in [2.75, 3.05) is 6.54 Å². The van der Waals surface area contributed by atoms with Gasteiger partial charge in [0.2, 0.25) is 0 Å². The Bertz CT molecular complexity index is 1500. The van der Waals surface area contributed by atoms with E-state index in [0.717, 1.165) is 31.4 Å². The highest BCUT2D eigenvalue weighted by atomic mass is 16.6. The summed E-state index contributed by atoms with van der Waals surface area (Å²) in [5, 5.41) is 19.5. The maximum absolute atomic E-state index is 14.0. The largest absolute Gasteiger partial charge is 0.457 e. The maximum atomic E-state index is 14.0. The second kappa shape index (κ2) is 14.0. The third kappa shape index (κ3) is 8.54. The first-order valence-corrected chi connectivity index (χ1v) is 15.5. The van der Waals surface area contributed by atoms with Crippen LogP contribution in [0.1, 0.15) is 80.8 Å². The Labute approximate surface area is 264 Å². The normalized spacial score (nSPS) is 17.9. The molecule has 2 unspecified atom stereocenters. The van der Waals surface area contributed by atoms with Crippen LogP contribution in [0, 0.1) is 11.3 Å². The van der Waals surface area contributed by atoms with E-state index in [1.807, 2.05) is 43.3 Å². The summed E-state index contributed by atoms with van der Waals surface area (Å²) in [5.74, 6) is 2.37. The smallest absolute Gasteiger partial charge is 0.407 e. The Morgan fingerprint density at radius 3 is 2.07 bits per heavy atom. The fourth-order valence-corrected chi connectivity index (χ4v) is 6.05. The lowest BCUT2D eigenvalue weighted by molar-refractivity contribution is 0.0389. The van der Waals surface area contributed by atoms with Gasteiger partial charge in [0.25, 0.3) is 5.91 Å². The average molecular weight is 615 g/mol. The summed E-state index contributed by atoms with van der Waals surface area (Å²) in [4.78, 5) is 28.1. The highest BCUT2D eigenvalue weighted by Crippen LogP contribution is 2.37. The molecular weight excluding hydrogens is 572 g/mol. The highest BCUT2D eigenvalue weighted by Gasteiger charge is 2.36. The Kier molecular flexibility index (Phi) is 9.93. The van der Waals surface area contributed by atoms with Gasteiger partial charge in [0.05, 0.1) is 0 Å². The van der Waals surface area contributed by atoms with Crippen LogP contribution in [0.2, 0.25) is 0 Å². The molecule has 10 heteroatoms. The number of carbonyl (C=O) groups excluding carboxylic acids is 2. The van der Waals surface area contributed by atoms with Crippen molar-refractivity contribution >= 4 is 17.8 Å². The van der Waals surface area contributed by atoms with Crippen LogP contribution in [0.3, 0.4) is 0 Å². The average Bonchev–Trinajstić information content (AvgIpc) is 3.03. The summed E-state index contributed by atoms with van der Waals surface area (Å²) >= 11 is 0. The van der Waals surface area contributed by atoms with Gasteiger partial charge in [0, 0.05) is 36.3 Å². The fraction of sp³-hybridized carbons (Fsp3) is 0.400. The Balaban J connectivity index is 1.36. The molecule has 3 aromatic rings. The molecule has 45 heavy (non-hydrogen) atoms. The monoisotopic (exact) mass is 614 g/mol.